The zero-order chi connectivity index (χ0) is 10.6. The highest BCUT2D eigenvalue weighted by atomic mass is 19.1. The lowest BCUT2D eigenvalue weighted by Crippen LogP contribution is -1.93. The van der Waals surface area contributed by atoms with Gasteiger partial charge >= 0.3 is 5.97 Å². The maximum Gasteiger partial charge on any atom is 0.329 e. The monoisotopic (exact) mass is 195 g/mol. The van der Waals surface area contributed by atoms with Crippen LogP contribution in [-0.2, 0) is 4.79 Å². The molecular weight excluding hydrogens is 185 g/mol. The van der Waals surface area contributed by atoms with E-state index in [0.29, 0.717) is 5.69 Å². The van der Waals surface area contributed by atoms with Gasteiger partial charge in [-0.3, -0.25) is 0 Å². The van der Waals surface area contributed by atoms with E-state index in [9.17, 15) is 9.18 Å². The number of benzene rings is 1. The van der Waals surface area contributed by atoms with Crippen LogP contribution >= 0.6 is 0 Å². The second-order valence-electron chi connectivity index (χ2n) is 2.83. The van der Waals surface area contributed by atoms with Crippen molar-refractivity contribution < 1.29 is 14.3 Å². The van der Waals surface area contributed by atoms with E-state index in [-0.39, 0.29) is 5.82 Å². The van der Waals surface area contributed by atoms with Crippen molar-refractivity contribution in [3.8, 4) is 0 Å². The van der Waals surface area contributed by atoms with Gasteiger partial charge in [-0.05, 0) is 30.7 Å². The molecule has 0 aromatic heterocycles. The Hall–Kier alpha value is -1.84. The second kappa shape index (κ2) is 4.41. The van der Waals surface area contributed by atoms with Crippen molar-refractivity contribution in [3.05, 3.63) is 41.9 Å². The highest BCUT2D eigenvalue weighted by Gasteiger charge is 1.95. The molecule has 0 unspecified atom stereocenters. The third-order valence-electron chi connectivity index (χ3n) is 1.52. The lowest BCUT2D eigenvalue weighted by molar-refractivity contribution is -0.131. The van der Waals surface area contributed by atoms with Crippen molar-refractivity contribution in [2.24, 2.45) is 0 Å². The van der Waals surface area contributed by atoms with E-state index in [4.69, 9.17) is 5.11 Å². The first-order chi connectivity index (χ1) is 6.58. The first-order valence-electron chi connectivity index (χ1n) is 4.01. The van der Waals surface area contributed by atoms with Gasteiger partial charge < -0.3 is 10.4 Å². The number of hydrogen-bond donors (Lipinski definition) is 2. The molecule has 0 radical (unpaired) electrons. The molecule has 14 heavy (non-hydrogen) atoms. The maximum atomic E-state index is 12.8. The van der Waals surface area contributed by atoms with E-state index >= 15 is 0 Å². The van der Waals surface area contributed by atoms with Crippen LogP contribution in [0.25, 0.3) is 0 Å². The van der Waals surface area contributed by atoms with Gasteiger partial charge in [0.25, 0.3) is 0 Å². The molecular formula is C10H10FNO2. The number of rotatable bonds is 3. The molecule has 1 rings (SSSR count). The number of aliphatic carboxylic acids is 1. The minimum absolute atomic E-state index is 0.351. The van der Waals surface area contributed by atoms with Gasteiger partial charge in [0, 0.05) is 18.0 Å². The summed E-state index contributed by atoms with van der Waals surface area (Å²) in [6.45, 7) is 1.76. The summed E-state index contributed by atoms with van der Waals surface area (Å²) >= 11 is 0. The van der Waals surface area contributed by atoms with E-state index in [1.54, 1.807) is 13.0 Å². The third-order valence-corrected chi connectivity index (χ3v) is 1.52. The zero-order valence-corrected chi connectivity index (χ0v) is 7.62. The third kappa shape index (κ3) is 3.26. The predicted molar refractivity (Wildman–Crippen MR) is 51.5 cm³/mol. The van der Waals surface area contributed by atoms with E-state index in [0.717, 1.165) is 11.6 Å². The molecule has 2 N–H and O–H groups in total. The fourth-order valence-electron chi connectivity index (χ4n) is 1.03. The van der Waals surface area contributed by atoms with E-state index < -0.39 is 5.97 Å². The second-order valence-corrected chi connectivity index (χ2v) is 2.83. The number of aryl methyl sites for hydroxylation is 1. The lowest BCUT2D eigenvalue weighted by Gasteiger charge is -2.01. The number of hydrogen-bond acceptors (Lipinski definition) is 2. The Morgan fingerprint density at radius 3 is 2.79 bits per heavy atom. The molecule has 0 saturated heterocycles. The van der Waals surface area contributed by atoms with Crippen molar-refractivity contribution >= 4 is 11.7 Å². The molecule has 0 atom stereocenters. The molecule has 1 aromatic carbocycles. The molecule has 0 fully saturated rings. The first kappa shape index (κ1) is 10.2. The minimum atomic E-state index is -1.05. The van der Waals surface area contributed by atoms with Crippen LogP contribution in [0.15, 0.2) is 30.5 Å². The predicted octanol–water partition coefficient (Wildman–Crippen LogP) is 2.14. The Balaban J connectivity index is 2.72. The molecule has 0 bridgehead atoms. The van der Waals surface area contributed by atoms with Gasteiger partial charge in [-0.1, -0.05) is 0 Å². The zero-order valence-electron chi connectivity index (χ0n) is 7.62. The van der Waals surface area contributed by atoms with Gasteiger partial charge in [-0.25, -0.2) is 9.18 Å². The SMILES string of the molecule is Cc1cc(F)cc(N/C=C/C(=O)O)c1. The number of carboxylic acid groups (broad SMARTS) is 1. The van der Waals surface area contributed by atoms with E-state index in [2.05, 4.69) is 5.32 Å². The Kier molecular flexibility index (Phi) is 3.23. The standard InChI is InChI=1S/C10H10FNO2/c1-7-4-8(11)6-9(5-7)12-3-2-10(13)14/h2-6,12H,1H3,(H,13,14)/b3-2+. The van der Waals surface area contributed by atoms with Crippen LogP contribution in [0, 0.1) is 12.7 Å². The van der Waals surface area contributed by atoms with Gasteiger partial charge in [-0.2, -0.15) is 0 Å². The number of nitrogens with one attached hydrogen (secondary N) is 1. The lowest BCUT2D eigenvalue weighted by atomic mass is 10.2. The Morgan fingerprint density at radius 1 is 1.50 bits per heavy atom. The highest BCUT2D eigenvalue weighted by molar-refractivity contribution is 5.80. The fourth-order valence-corrected chi connectivity index (χ4v) is 1.03. The molecule has 74 valence electrons. The van der Waals surface area contributed by atoms with E-state index in [1.807, 2.05) is 0 Å². The van der Waals surface area contributed by atoms with Crippen molar-refractivity contribution in [2.75, 3.05) is 5.32 Å². The van der Waals surface area contributed by atoms with Crippen molar-refractivity contribution in [1.29, 1.82) is 0 Å². The summed E-state index contributed by atoms with van der Waals surface area (Å²) in [5.74, 6) is -1.40. The number of carbonyl (C=O) groups is 1. The molecule has 0 amide bonds. The van der Waals surface area contributed by atoms with Crippen LogP contribution in [0.1, 0.15) is 5.56 Å². The Morgan fingerprint density at radius 2 is 2.21 bits per heavy atom. The topological polar surface area (TPSA) is 49.3 Å². The van der Waals surface area contributed by atoms with Crippen LogP contribution in [0.5, 0.6) is 0 Å². The molecule has 0 aliphatic heterocycles. The number of carboxylic acids is 1. The van der Waals surface area contributed by atoms with Crippen molar-refractivity contribution in [3.63, 3.8) is 0 Å². The van der Waals surface area contributed by atoms with Crippen LogP contribution in [0.2, 0.25) is 0 Å². The highest BCUT2D eigenvalue weighted by Crippen LogP contribution is 2.12. The normalized spacial score (nSPS) is 10.4. The molecule has 3 nitrogen and oxygen atoms in total. The number of halogens is 1. The molecule has 0 aliphatic carbocycles. The van der Waals surface area contributed by atoms with Crippen LogP contribution in [0.3, 0.4) is 0 Å². The summed E-state index contributed by atoms with van der Waals surface area (Å²) in [5, 5.41) is 11.0. The van der Waals surface area contributed by atoms with E-state index in [1.165, 1.54) is 18.3 Å². The summed E-state index contributed by atoms with van der Waals surface area (Å²) in [6, 6.07) is 4.40. The summed E-state index contributed by atoms with van der Waals surface area (Å²) in [5.41, 5.74) is 1.30. The maximum absolute atomic E-state index is 12.8. The quantitative estimate of drug-likeness (QED) is 0.726. The van der Waals surface area contributed by atoms with Crippen LogP contribution < -0.4 is 5.32 Å². The molecule has 0 saturated carbocycles. The van der Waals surface area contributed by atoms with Gasteiger partial charge in [0.05, 0.1) is 0 Å². The van der Waals surface area contributed by atoms with Crippen LogP contribution in [-0.4, -0.2) is 11.1 Å². The van der Waals surface area contributed by atoms with Crippen molar-refractivity contribution in [1.82, 2.24) is 0 Å². The fraction of sp³-hybridized carbons (Fsp3) is 0.100. The minimum Gasteiger partial charge on any atom is -0.478 e. The Bertz CT molecular complexity index is 354. The Labute approximate surface area is 80.9 Å². The average Bonchev–Trinajstić information content (AvgIpc) is 2.01. The molecule has 4 heteroatoms. The van der Waals surface area contributed by atoms with Crippen LogP contribution in [0.4, 0.5) is 10.1 Å². The van der Waals surface area contributed by atoms with Crippen molar-refractivity contribution in [2.45, 2.75) is 6.92 Å². The van der Waals surface area contributed by atoms with Gasteiger partial charge in [0.1, 0.15) is 5.82 Å². The molecule has 0 spiro atoms. The average molecular weight is 195 g/mol. The van der Waals surface area contributed by atoms with Gasteiger partial charge in [0.2, 0.25) is 0 Å². The molecule has 0 heterocycles. The van der Waals surface area contributed by atoms with Gasteiger partial charge in [-0.15, -0.1) is 0 Å². The smallest absolute Gasteiger partial charge is 0.329 e. The molecule has 1 aromatic rings. The summed E-state index contributed by atoms with van der Waals surface area (Å²) in [7, 11) is 0. The summed E-state index contributed by atoms with van der Waals surface area (Å²) in [4.78, 5) is 10.1. The van der Waals surface area contributed by atoms with Gasteiger partial charge in [0.15, 0.2) is 0 Å². The molecule has 0 aliphatic rings. The first-order valence-corrected chi connectivity index (χ1v) is 4.01. The summed E-state index contributed by atoms with van der Waals surface area (Å²) < 4.78 is 12.8. The number of anilines is 1. The largest absolute Gasteiger partial charge is 0.478 e. The summed E-state index contributed by atoms with van der Waals surface area (Å²) in [6.07, 6.45) is 2.19.